The van der Waals surface area contributed by atoms with E-state index in [-0.39, 0.29) is 0 Å². The Hall–Kier alpha value is -2.01. The van der Waals surface area contributed by atoms with E-state index >= 15 is 0 Å². The summed E-state index contributed by atoms with van der Waals surface area (Å²) < 4.78 is 10.6. The van der Waals surface area contributed by atoms with Gasteiger partial charge in [0.05, 0.1) is 6.61 Å². The van der Waals surface area contributed by atoms with Crippen molar-refractivity contribution < 1.29 is 14.3 Å². The largest absolute Gasteiger partial charge is 0.493 e. The van der Waals surface area contributed by atoms with Gasteiger partial charge in [-0.05, 0) is 38.0 Å². The van der Waals surface area contributed by atoms with Crippen molar-refractivity contribution in [2.45, 2.75) is 39.3 Å². The van der Waals surface area contributed by atoms with E-state index in [2.05, 4.69) is 22.8 Å². The Bertz CT molecular complexity index is 562. The van der Waals surface area contributed by atoms with Crippen LogP contribution in [0.15, 0.2) is 30.4 Å². The molecule has 2 N–H and O–H groups in total. The van der Waals surface area contributed by atoms with Crippen molar-refractivity contribution in [2.24, 2.45) is 0 Å². The minimum Gasteiger partial charge on any atom is -0.493 e. The number of ether oxygens (including phenoxy) is 2. The summed E-state index contributed by atoms with van der Waals surface area (Å²) >= 11 is 0. The molecule has 126 valence electrons. The van der Waals surface area contributed by atoms with Gasteiger partial charge in [0.25, 0.3) is 0 Å². The van der Waals surface area contributed by atoms with Crippen LogP contribution in [0.4, 0.5) is 4.79 Å². The number of benzene rings is 1. The SMILES string of the molecule is CC(C)(C)OC(=O)NC/C=C/CNCc1ccc2c(c1)CCO2. The van der Waals surface area contributed by atoms with Gasteiger partial charge in [-0.1, -0.05) is 24.3 Å². The van der Waals surface area contributed by atoms with Gasteiger partial charge < -0.3 is 20.1 Å². The molecule has 0 atom stereocenters. The summed E-state index contributed by atoms with van der Waals surface area (Å²) in [5, 5.41) is 6.03. The number of alkyl carbamates (subject to hydrolysis) is 1. The molecule has 2 rings (SSSR count). The lowest BCUT2D eigenvalue weighted by atomic mass is 10.1. The lowest BCUT2D eigenvalue weighted by molar-refractivity contribution is 0.0534. The average Bonchev–Trinajstić information content (AvgIpc) is 2.92. The van der Waals surface area contributed by atoms with Gasteiger partial charge in [-0.15, -0.1) is 0 Å². The molecule has 5 heteroatoms. The Labute approximate surface area is 138 Å². The molecule has 1 aromatic carbocycles. The summed E-state index contributed by atoms with van der Waals surface area (Å²) in [6, 6.07) is 6.33. The zero-order valence-corrected chi connectivity index (χ0v) is 14.1. The zero-order chi connectivity index (χ0) is 16.7. The fourth-order valence-electron chi connectivity index (χ4n) is 2.27. The summed E-state index contributed by atoms with van der Waals surface area (Å²) in [7, 11) is 0. The first-order valence-electron chi connectivity index (χ1n) is 8.01. The van der Waals surface area contributed by atoms with Gasteiger partial charge in [-0.25, -0.2) is 4.79 Å². The summed E-state index contributed by atoms with van der Waals surface area (Å²) in [6.07, 6.45) is 4.51. The second kappa shape index (κ2) is 8.02. The van der Waals surface area contributed by atoms with Crippen molar-refractivity contribution in [2.75, 3.05) is 19.7 Å². The summed E-state index contributed by atoms with van der Waals surface area (Å²) in [6.45, 7) is 8.36. The Morgan fingerprint density at radius 2 is 2.09 bits per heavy atom. The molecule has 5 nitrogen and oxygen atoms in total. The van der Waals surface area contributed by atoms with Crippen LogP contribution in [0.25, 0.3) is 0 Å². The first-order chi connectivity index (χ1) is 10.9. The standard InChI is InChI=1S/C18H26N2O3/c1-18(2,3)23-17(21)20-10-5-4-9-19-13-14-6-7-16-15(12-14)8-11-22-16/h4-7,12,19H,8-11,13H2,1-3H3,(H,20,21)/b5-4+. The molecule has 0 radical (unpaired) electrons. The minimum atomic E-state index is -0.462. The number of carbonyl (C=O) groups excluding carboxylic acids is 1. The smallest absolute Gasteiger partial charge is 0.407 e. The first kappa shape index (κ1) is 17.3. The van der Waals surface area contributed by atoms with Gasteiger partial charge in [0, 0.05) is 26.1 Å². The van der Waals surface area contributed by atoms with E-state index < -0.39 is 11.7 Å². The molecule has 1 aliphatic heterocycles. The minimum absolute atomic E-state index is 0.393. The third-order valence-electron chi connectivity index (χ3n) is 3.27. The molecule has 1 heterocycles. The predicted octanol–water partition coefficient (Wildman–Crippen LogP) is 2.79. The van der Waals surface area contributed by atoms with E-state index in [1.807, 2.05) is 39.0 Å². The zero-order valence-electron chi connectivity index (χ0n) is 14.1. The van der Waals surface area contributed by atoms with E-state index in [1.165, 1.54) is 11.1 Å². The van der Waals surface area contributed by atoms with Crippen LogP contribution in [0.3, 0.4) is 0 Å². The van der Waals surface area contributed by atoms with Crippen molar-refractivity contribution in [1.82, 2.24) is 10.6 Å². The second-order valence-electron chi connectivity index (χ2n) is 6.53. The van der Waals surface area contributed by atoms with E-state index in [0.717, 1.165) is 31.9 Å². The topological polar surface area (TPSA) is 59.6 Å². The van der Waals surface area contributed by atoms with Crippen molar-refractivity contribution in [3.8, 4) is 5.75 Å². The van der Waals surface area contributed by atoms with Crippen LogP contribution in [-0.4, -0.2) is 31.4 Å². The van der Waals surface area contributed by atoms with Gasteiger partial charge >= 0.3 is 6.09 Å². The molecule has 0 bridgehead atoms. The van der Waals surface area contributed by atoms with E-state index in [9.17, 15) is 4.79 Å². The van der Waals surface area contributed by atoms with E-state index in [0.29, 0.717) is 6.54 Å². The Morgan fingerprint density at radius 1 is 1.30 bits per heavy atom. The molecule has 0 spiro atoms. The fourth-order valence-corrected chi connectivity index (χ4v) is 2.27. The molecule has 1 aliphatic rings. The maximum absolute atomic E-state index is 11.4. The third-order valence-corrected chi connectivity index (χ3v) is 3.27. The Kier molecular flexibility index (Phi) is 6.04. The molecule has 0 fully saturated rings. The van der Waals surface area contributed by atoms with Crippen molar-refractivity contribution in [3.63, 3.8) is 0 Å². The highest BCUT2D eigenvalue weighted by Gasteiger charge is 2.15. The molecule has 23 heavy (non-hydrogen) atoms. The summed E-state index contributed by atoms with van der Waals surface area (Å²) in [4.78, 5) is 11.4. The van der Waals surface area contributed by atoms with Crippen LogP contribution < -0.4 is 15.4 Å². The second-order valence-corrected chi connectivity index (χ2v) is 6.53. The number of rotatable bonds is 6. The van der Waals surface area contributed by atoms with E-state index in [1.54, 1.807) is 0 Å². The fraction of sp³-hybridized carbons (Fsp3) is 0.500. The lowest BCUT2D eigenvalue weighted by Gasteiger charge is -2.19. The van der Waals surface area contributed by atoms with Crippen molar-refractivity contribution in [3.05, 3.63) is 41.5 Å². The monoisotopic (exact) mass is 318 g/mol. The first-order valence-corrected chi connectivity index (χ1v) is 8.01. The third kappa shape index (κ3) is 6.32. The lowest BCUT2D eigenvalue weighted by Crippen LogP contribution is -2.32. The summed E-state index contributed by atoms with van der Waals surface area (Å²) in [5.74, 6) is 1.02. The number of hydrogen-bond acceptors (Lipinski definition) is 4. The molecular formula is C18H26N2O3. The van der Waals surface area contributed by atoms with Gasteiger partial charge in [0.2, 0.25) is 0 Å². The Balaban J connectivity index is 1.59. The van der Waals surface area contributed by atoms with Crippen LogP contribution in [0.1, 0.15) is 31.9 Å². The van der Waals surface area contributed by atoms with Crippen LogP contribution in [0.5, 0.6) is 5.75 Å². The maximum Gasteiger partial charge on any atom is 0.407 e. The molecule has 0 aliphatic carbocycles. The quantitative estimate of drug-likeness (QED) is 0.625. The van der Waals surface area contributed by atoms with Crippen LogP contribution in [-0.2, 0) is 17.7 Å². The molecule has 0 saturated heterocycles. The molecule has 0 unspecified atom stereocenters. The Morgan fingerprint density at radius 3 is 2.87 bits per heavy atom. The van der Waals surface area contributed by atoms with Gasteiger partial charge in [-0.2, -0.15) is 0 Å². The van der Waals surface area contributed by atoms with Crippen molar-refractivity contribution in [1.29, 1.82) is 0 Å². The highest BCUT2D eigenvalue weighted by Crippen LogP contribution is 2.25. The number of nitrogens with one attached hydrogen (secondary N) is 2. The van der Waals surface area contributed by atoms with E-state index in [4.69, 9.17) is 9.47 Å². The molecule has 1 aromatic rings. The van der Waals surface area contributed by atoms with Gasteiger partial charge in [0.1, 0.15) is 11.4 Å². The normalized spacial score (nSPS) is 13.7. The van der Waals surface area contributed by atoms with Crippen LogP contribution in [0.2, 0.25) is 0 Å². The number of hydrogen-bond donors (Lipinski definition) is 2. The molecule has 0 aromatic heterocycles. The average molecular weight is 318 g/mol. The number of amides is 1. The maximum atomic E-state index is 11.4. The van der Waals surface area contributed by atoms with Gasteiger partial charge in [-0.3, -0.25) is 0 Å². The van der Waals surface area contributed by atoms with Gasteiger partial charge in [0.15, 0.2) is 0 Å². The highest BCUT2D eigenvalue weighted by atomic mass is 16.6. The predicted molar refractivity (Wildman–Crippen MR) is 90.7 cm³/mol. The molecular weight excluding hydrogens is 292 g/mol. The van der Waals surface area contributed by atoms with Crippen molar-refractivity contribution >= 4 is 6.09 Å². The highest BCUT2D eigenvalue weighted by molar-refractivity contribution is 5.67. The molecule has 1 amide bonds. The van der Waals surface area contributed by atoms with Crippen LogP contribution in [0, 0.1) is 0 Å². The van der Waals surface area contributed by atoms with Crippen LogP contribution >= 0.6 is 0 Å². The number of fused-ring (bicyclic) bond motifs is 1. The summed E-state index contributed by atoms with van der Waals surface area (Å²) in [5.41, 5.74) is 2.09. The molecule has 0 saturated carbocycles. The number of carbonyl (C=O) groups is 1.